The molecule has 1 aromatic carbocycles. The number of amides is 2. The fourth-order valence-electron chi connectivity index (χ4n) is 2.83. The van der Waals surface area contributed by atoms with Gasteiger partial charge in [0.2, 0.25) is 11.7 Å². The number of hydrogen-bond donors (Lipinski definition) is 2. The van der Waals surface area contributed by atoms with Gasteiger partial charge < -0.3 is 9.84 Å². The van der Waals surface area contributed by atoms with E-state index in [-0.39, 0.29) is 11.9 Å². The molecule has 3 aromatic heterocycles. The zero-order valence-corrected chi connectivity index (χ0v) is 17.3. The van der Waals surface area contributed by atoms with Crippen LogP contribution in [0.4, 0.5) is 9.93 Å². The van der Waals surface area contributed by atoms with Gasteiger partial charge in [0, 0.05) is 28.9 Å². The van der Waals surface area contributed by atoms with Crippen molar-refractivity contribution in [3.63, 3.8) is 0 Å². The number of aromatic nitrogens is 4. The molecule has 4 aromatic rings. The monoisotopic (exact) mass is 420 g/mol. The maximum atomic E-state index is 12.6. The Morgan fingerprint density at radius 3 is 2.60 bits per heavy atom. The smallest absolute Gasteiger partial charge is 0.321 e. The van der Waals surface area contributed by atoms with E-state index in [1.165, 1.54) is 11.3 Å². The van der Waals surface area contributed by atoms with Gasteiger partial charge in [0.25, 0.3) is 0 Å². The molecule has 9 heteroatoms. The first kappa shape index (κ1) is 19.7. The Bertz CT molecular complexity index is 1110. The minimum absolute atomic E-state index is 0.0362. The highest BCUT2D eigenvalue weighted by Gasteiger charge is 2.25. The molecule has 152 valence electrons. The third-order valence-corrected chi connectivity index (χ3v) is 5.13. The Hall–Kier alpha value is -3.59. The van der Waals surface area contributed by atoms with Crippen LogP contribution in [-0.4, -0.2) is 26.1 Å². The summed E-state index contributed by atoms with van der Waals surface area (Å²) < 4.78 is 5.41. The summed E-state index contributed by atoms with van der Waals surface area (Å²) in [5.41, 5.74) is 2.56. The van der Waals surface area contributed by atoms with Gasteiger partial charge in [0.1, 0.15) is 6.04 Å². The summed E-state index contributed by atoms with van der Waals surface area (Å²) in [7, 11) is 0. The first-order chi connectivity index (χ1) is 14.6. The maximum absolute atomic E-state index is 12.6. The Labute approximate surface area is 177 Å². The molecule has 0 aliphatic heterocycles. The summed E-state index contributed by atoms with van der Waals surface area (Å²) in [4.78, 5) is 25.5. The molecule has 0 aliphatic rings. The van der Waals surface area contributed by atoms with Crippen LogP contribution in [0.2, 0.25) is 0 Å². The number of benzene rings is 1. The number of pyridine rings is 1. The number of anilines is 1. The lowest BCUT2D eigenvalue weighted by Crippen LogP contribution is -2.35. The number of nitrogens with one attached hydrogen (secondary N) is 2. The van der Waals surface area contributed by atoms with Gasteiger partial charge in [-0.25, -0.2) is 9.78 Å². The molecule has 0 radical (unpaired) electrons. The van der Waals surface area contributed by atoms with E-state index in [0.717, 1.165) is 16.8 Å². The van der Waals surface area contributed by atoms with Gasteiger partial charge in [-0.15, -0.1) is 11.3 Å². The van der Waals surface area contributed by atoms with E-state index in [1.807, 2.05) is 55.6 Å². The normalized spacial score (nSPS) is 12.0. The van der Waals surface area contributed by atoms with Crippen LogP contribution >= 0.6 is 11.3 Å². The van der Waals surface area contributed by atoms with Crippen molar-refractivity contribution < 1.29 is 9.32 Å². The van der Waals surface area contributed by atoms with Crippen LogP contribution in [0.25, 0.3) is 22.6 Å². The first-order valence-corrected chi connectivity index (χ1v) is 10.3. The molecule has 2 N–H and O–H groups in total. The molecule has 8 nitrogen and oxygen atoms in total. The molecule has 0 fully saturated rings. The Morgan fingerprint density at radius 2 is 1.87 bits per heavy atom. The van der Waals surface area contributed by atoms with Crippen LogP contribution < -0.4 is 10.6 Å². The molecule has 2 amide bonds. The minimum atomic E-state index is -0.448. The van der Waals surface area contributed by atoms with Crippen molar-refractivity contribution in [2.24, 2.45) is 5.92 Å². The molecule has 0 saturated heterocycles. The summed E-state index contributed by atoms with van der Waals surface area (Å²) in [6, 6.07) is 12.6. The topological polar surface area (TPSA) is 106 Å². The third kappa shape index (κ3) is 4.52. The van der Waals surface area contributed by atoms with Crippen molar-refractivity contribution >= 4 is 22.5 Å². The van der Waals surface area contributed by atoms with Crippen LogP contribution in [0.1, 0.15) is 25.8 Å². The third-order valence-electron chi connectivity index (χ3n) is 4.37. The molecule has 4 rings (SSSR count). The number of urea groups is 1. The standard InChI is InChI=1S/C21H20N6O2S/c1-13(2)17(19-25-18(27-29-19)15-9-6-10-22-11-15)24-20(28)26-21-23-16(12-30-21)14-7-4-3-5-8-14/h3-13,17H,1-2H3,(H2,23,24,26,28). The van der Waals surface area contributed by atoms with Crippen molar-refractivity contribution in [2.75, 3.05) is 5.32 Å². The Morgan fingerprint density at radius 1 is 1.07 bits per heavy atom. The average Bonchev–Trinajstić information content (AvgIpc) is 3.43. The summed E-state index contributed by atoms with van der Waals surface area (Å²) >= 11 is 1.36. The van der Waals surface area contributed by atoms with E-state index in [4.69, 9.17) is 4.52 Å². The quantitative estimate of drug-likeness (QED) is 0.465. The molecule has 30 heavy (non-hydrogen) atoms. The van der Waals surface area contributed by atoms with Crippen molar-refractivity contribution in [2.45, 2.75) is 19.9 Å². The maximum Gasteiger partial charge on any atom is 0.321 e. The Balaban J connectivity index is 1.44. The van der Waals surface area contributed by atoms with E-state index in [1.54, 1.807) is 18.5 Å². The molecular weight excluding hydrogens is 400 g/mol. The number of nitrogens with zero attached hydrogens (tertiary/aromatic N) is 4. The fraction of sp³-hybridized carbons (Fsp3) is 0.190. The summed E-state index contributed by atoms with van der Waals surface area (Å²) in [5.74, 6) is 0.802. The highest BCUT2D eigenvalue weighted by molar-refractivity contribution is 7.14. The summed E-state index contributed by atoms with van der Waals surface area (Å²) in [6.45, 7) is 3.94. The van der Waals surface area contributed by atoms with E-state index < -0.39 is 6.04 Å². The van der Waals surface area contributed by atoms with Crippen LogP contribution in [0, 0.1) is 5.92 Å². The number of hydrogen-bond acceptors (Lipinski definition) is 7. The molecule has 0 spiro atoms. The first-order valence-electron chi connectivity index (χ1n) is 9.42. The lowest BCUT2D eigenvalue weighted by atomic mass is 10.0. The van der Waals surface area contributed by atoms with Crippen LogP contribution in [0.15, 0.2) is 64.8 Å². The second-order valence-corrected chi connectivity index (χ2v) is 7.78. The SMILES string of the molecule is CC(C)C(NC(=O)Nc1nc(-c2ccccc2)cs1)c1nc(-c2cccnc2)no1. The molecule has 0 bridgehead atoms. The van der Waals surface area contributed by atoms with Crippen molar-refractivity contribution in [1.29, 1.82) is 0 Å². The predicted molar refractivity (Wildman–Crippen MR) is 115 cm³/mol. The predicted octanol–water partition coefficient (Wildman–Crippen LogP) is 4.77. The fourth-order valence-corrected chi connectivity index (χ4v) is 3.55. The molecule has 0 aliphatic carbocycles. The minimum Gasteiger partial charge on any atom is -0.337 e. The summed E-state index contributed by atoms with van der Waals surface area (Å²) in [5, 5.41) is 12.1. The van der Waals surface area contributed by atoms with Crippen molar-refractivity contribution in [1.82, 2.24) is 25.4 Å². The van der Waals surface area contributed by atoms with Gasteiger partial charge in [0.15, 0.2) is 5.13 Å². The largest absolute Gasteiger partial charge is 0.337 e. The zero-order chi connectivity index (χ0) is 20.9. The number of carbonyl (C=O) groups is 1. The second-order valence-electron chi connectivity index (χ2n) is 6.92. The molecule has 1 unspecified atom stereocenters. The average molecular weight is 420 g/mol. The lowest BCUT2D eigenvalue weighted by molar-refractivity contribution is 0.236. The van der Waals surface area contributed by atoms with Crippen LogP contribution in [0.3, 0.4) is 0 Å². The van der Waals surface area contributed by atoms with E-state index in [2.05, 4.69) is 30.7 Å². The number of carbonyl (C=O) groups excluding carboxylic acids is 1. The highest BCUT2D eigenvalue weighted by Crippen LogP contribution is 2.26. The molecule has 0 saturated carbocycles. The molecule has 1 atom stereocenters. The van der Waals surface area contributed by atoms with Crippen LogP contribution in [-0.2, 0) is 0 Å². The van der Waals surface area contributed by atoms with Gasteiger partial charge in [-0.2, -0.15) is 4.98 Å². The van der Waals surface area contributed by atoms with Gasteiger partial charge in [0.05, 0.1) is 5.69 Å². The molecule has 3 heterocycles. The lowest BCUT2D eigenvalue weighted by Gasteiger charge is -2.18. The van der Waals surface area contributed by atoms with Crippen LogP contribution in [0.5, 0.6) is 0 Å². The number of rotatable bonds is 6. The van der Waals surface area contributed by atoms with E-state index in [0.29, 0.717) is 16.8 Å². The Kier molecular flexibility index (Phi) is 5.80. The van der Waals surface area contributed by atoms with E-state index >= 15 is 0 Å². The second kappa shape index (κ2) is 8.83. The van der Waals surface area contributed by atoms with Crippen molar-refractivity contribution in [3.05, 3.63) is 66.1 Å². The zero-order valence-electron chi connectivity index (χ0n) is 16.4. The molecular formula is C21H20N6O2S. The highest BCUT2D eigenvalue weighted by atomic mass is 32.1. The van der Waals surface area contributed by atoms with Gasteiger partial charge in [-0.1, -0.05) is 49.3 Å². The van der Waals surface area contributed by atoms with Crippen molar-refractivity contribution in [3.8, 4) is 22.6 Å². The number of thiazole rings is 1. The summed E-state index contributed by atoms with van der Waals surface area (Å²) in [6.07, 6.45) is 3.33. The van der Waals surface area contributed by atoms with Gasteiger partial charge in [-0.05, 0) is 18.1 Å². The van der Waals surface area contributed by atoms with E-state index in [9.17, 15) is 4.79 Å². The van der Waals surface area contributed by atoms with Gasteiger partial charge >= 0.3 is 6.03 Å². The van der Waals surface area contributed by atoms with Gasteiger partial charge in [-0.3, -0.25) is 10.3 Å².